The summed E-state index contributed by atoms with van der Waals surface area (Å²) >= 11 is 10.8. The number of hydrogen-bond acceptors (Lipinski definition) is 2. The molecule has 0 unspecified atom stereocenters. The minimum Gasteiger partial charge on any atom is -0.380 e. The zero-order valence-corrected chi connectivity index (χ0v) is 12.2. The van der Waals surface area contributed by atoms with Crippen molar-refractivity contribution >= 4 is 44.6 Å². The molecule has 1 N–H and O–H groups in total. The van der Waals surface area contributed by atoms with Crippen molar-refractivity contribution < 1.29 is 4.39 Å². The van der Waals surface area contributed by atoms with Crippen LogP contribution in [0.2, 0.25) is 4.34 Å². The number of benzene rings is 1. The molecular weight excluding hydrogens is 325 g/mol. The number of thiophene rings is 1. The number of rotatable bonds is 3. The second-order valence-electron chi connectivity index (χ2n) is 3.71. The van der Waals surface area contributed by atoms with Crippen molar-refractivity contribution in [1.29, 1.82) is 0 Å². The van der Waals surface area contributed by atoms with E-state index in [-0.39, 0.29) is 5.82 Å². The van der Waals surface area contributed by atoms with Crippen LogP contribution in [0.4, 0.5) is 10.1 Å². The Balaban J connectivity index is 2.07. The van der Waals surface area contributed by atoms with Crippen LogP contribution >= 0.6 is 38.9 Å². The Morgan fingerprint density at radius 3 is 2.71 bits per heavy atom. The maximum Gasteiger partial charge on any atom is 0.125 e. The van der Waals surface area contributed by atoms with Crippen LogP contribution in [0, 0.1) is 12.7 Å². The molecule has 0 saturated heterocycles. The van der Waals surface area contributed by atoms with Gasteiger partial charge in [0.2, 0.25) is 0 Å². The standard InChI is InChI=1S/C12H10BrClFNS/c1-7-2-8(15)4-9(3-7)16-6-10-5-11(13)12(14)17-10/h2-5,16H,6H2,1H3. The lowest BCUT2D eigenvalue weighted by molar-refractivity contribution is 0.627. The number of hydrogen-bond donors (Lipinski definition) is 1. The molecule has 0 saturated carbocycles. The van der Waals surface area contributed by atoms with Gasteiger partial charge in [-0.15, -0.1) is 11.3 Å². The third kappa shape index (κ3) is 3.44. The van der Waals surface area contributed by atoms with Crippen molar-refractivity contribution in [2.24, 2.45) is 0 Å². The lowest BCUT2D eigenvalue weighted by atomic mass is 10.2. The highest BCUT2D eigenvalue weighted by molar-refractivity contribution is 9.10. The van der Waals surface area contributed by atoms with Gasteiger partial charge in [0.25, 0.3) is 0 Å². The van der Waals surface area contributed by atoms with E-state index in [0.29, 0.717) is 6.54 Å². The average Bonchev–Trinajstić information content (AvgIpc) is 2.54. The Hall–Kier alpha value is -0.580. The molecule has 0 atom stereocenters. The summed E-state index contributed by atoms with van der Waals surface area (Å²) in [6.45, 7) is 2.51. The molecule has 2 rings (SSSR count). The first-order valence-electron chi connectivity index (χ1n) is 4.99. The monoisotopic (exact) mass is 333 g/mol. The molecule has 0 aliphatic heterocycles. The number of nitrogens with one attached hydrogen (secondary N) is 1. The average molecular weight is 335 g/mol. The SMILES string of the molecule is Cc1cc(F)cc(NCc2cc(Br)c(Cl)s2)c1. The smallest absolute Gasteiger partial charge is 0.125 e. The summed E-state index contributed by atoms with van der Waals surface area (Å²) in [5.41, 5.74) is 1.68. The molecule has 1 aromatic carbocycles. The van der Waals surface area contributed by atoms with Gasteiger partial charge in [-0.3, -0.25) is 0 Å². The molecule has 0 fully saturated rings. The van der Waals surface area contributed by atoms with Crippen LogP contribution in [-0.4, -0.2) is 0 Å². The second-order valence-corrected chi connectivity index (χ2v) is 6.30. The zero-order valence-electron chi connectivity index (χ0n) is 9.06. The van der Waals surface area contributed by atoms with Crippen LogP contribution in [0.1, 0.15) is 10.4 Å². The molecule has 17 heavy (non-hydrogen) atoms. The maximum atomic E-state index is 13.2. The van der Waals surface area contributed by atoms with Gasteiger partial charge in [0.05, 0.1) is 0 Å². The third-order valence-electron chi connectivity index (χ3n) is 2.21. The minimum atomic E-state index is -0.224. The van der Waals surface area contributed by atoms with E-state index in [4.69, 9.17) is 11.6 Å². The molecule has 0 aliphatic rings. The van der Waals surface area contributed by atoms with Crippen molar-refractivity contribution in [2.75, 3.05) is 5.32 Å². The first-order valence-corrected chi connectivity index (χ1v) is 6.98. The van der Waals surface area contributed by atoms with E-state index in [1.54, 1.807) is 0 Å². The van der Waals surface area contributed by atoms with Gasteiger partial charge in [-0.2, -0.15) is 0 Å². The Morgan fingerprint density at radius 2 is 2.12 bits per heavy atom. The van der Waals surface area contributed by atoms with Crippen LogP contribution < -0.4 is 5.32 Å². The Labute approximate surface area is 117 Å². The topological polar surface area (TPSA) is 12.0 Å². The van der Waals surface area contributed by atoms with E-state index >= 15 is 0 Å². The molecule has 0 amide bonds. The summed E-state index contributed by atoms with van der Waals surface area (Å²) in [4.78, 5) is 1.10. The van der Waals surface area contributed by atoms with Gasteiger partial charge in [-0.05, 0) is 52.7 Å². The van der Waals surface area contributed by atoms with E-state index in [1.165, 1.54) is 23.5 Å². The molecule has 1 aromatic heterocycles. The quantitative estimate of drug-likeness (QED) is 0.811. The molecule has 0 spiro atoms. The largest absolute Gasteiger partial charge is 0.380 e. The van der Waals surface area contributed by atoms with Crippen LogP contribution in [0.5, 0.6) is 0 Å². The number of anilines is 1. The molecule has 5 heteroatoms. The summed E-state index contributed by atoms with van der Waals surface area (Å²) in [5.74, 6) is -0.224. The van der Waals surface area contributed by atoms with Crippen molar-refractivity contribution in [3.63, 3.8) is 0 Å². The summed E-state index contributed by atoms with van der Waals surface area (Å²) in [7, 11) is 0. The number of halogens is 3. The fourth-order valence-corrected chi connectivity index (χ4v) is 3.24. The van der Waals surface area contributed by atoms with Crippen LogP contribution in [0.15, 0.2) is 28.7 Å². The first-order chi connectivity index (χ1) is 8.04. The Bertz CT molecular complexity index is 502. The van der Waals surface area contributed by atoms with Gasteiger partial charge in [0.15, 0.2) is 0 Å². The second kappa shape index (κ2) is 5.38. The fourth-order valence-electron chi connectivity index (χ4n) is 1.51. The Morgan fingerprint density at radius 1 is 1.35 bits per heavy atom. The predicted molar refractivity (Wildman–Crippen MR) is 75.5 cm³/mol. The molecule has 0 bridgehead atoms. The summed E-state index contributed by atoms with van der Waals surface area (Å²) in [6, 6.07) is 6.86. The van der Waals surface area contributed by atoms with E-state index in [2.05, 4.69) is 21.2 Å². The van der Waals surface area contributed by atoms with E-state index in [1.807, 2.05) is 19.1 Å². The fraction of sp³-hybridized carbons (Fsp3) is 0.167. The summed E-state index contributed by atoms with van der Waals surface area (Å²) in [6.07, 6.45) is 0. The van der Waals surface area contributed by atoms with Gasteiger partial charge in [0.1, 0.15) is 10.2 Å². The predicted octanol–water partition coefficient (Wildman–Crippen LogP) is 5.22. The molecule has 1 nitrogen and oxygen atoms in total. The molecule has 0 aliphatic carbocycles. The third-order valence-corrected chi connectivity index (χ3v) is 4.68. The van der Waals surface area contributed by atoms with Gasteiger partial charge in [0, 0.05) is 21.6 Å². The van der Waals surface area contributed by atoms with Crippen molar-refractivity contribution in [2.45, 2.75) is 13.5 Å². The first kappa shape index (κ1) is 12.9. The van der Waals surface area contributed by atoms with Crippen LogP contribution in [-0.2, 0) is 6.54 Å². The molecule has 0 radical (unpaired) electrons. The van der Waals surface area contributed by atoms with Gasteiger partial charge >= 0.3 is 0 Å². The van der Waals surface area contributed by atoms with E-state index < -0.39 is 0 Å². The molecular formula is C12H10BrClFNS. The van der Waals surface area contributed by atoms with E-state index in [9.17, 15) is 4.39 Å². The highest BCUT2D eigenvalue weighted by atomic mass is 79.9. The van der Waals surface area contributed by atoms with Crippen LogP contribution in [0.3, 0.4) is 0 Å². The molecule has 2 aromatic rings. The van der Waals surface area contributed by atoms with Gasteiger partial charge < -0.3 is 5.32 Å². The summed E-state index contributed by atoms with van der Waals surface area (Å²) in [5, 5.41) is 3.17. The van der Waals surface area contributed by atoms with Gasteiger partial charge in [-0.25, -0.2) is 4.39 Å². The highest BCUT2D eigenvalue weighted by Crippen LogP contribution is 2.32. The molecule has 90 valence electrons. The number of aryl methyl sites for hydroxylation is 1. The highest BCUT2D eigenvalue weighted by Gasteiger charge is 2.04. The molecule has 1 heterocycles. The Kier molecular flexibility index (Phi) is 4.07. The lowest BCUT2D eigenvalue weighted by Gasteiger charge is -2.06. The lowest BCUT2D eigenvalue weighted by Crippen LogP contribution is -1.98. The van der Waals surface area contributed by atoms with Crippen molar-refractivity contribution in [3.8, 4) is 0 Å². The van der Waals surface area contributed by atoms with Crippen LogP contribution in [0.25, 0.3) is 0 Å². The minimum absolute atomic E-state index is 0.224. The summed E-state index contributed by atoms with van der Waals surface area (Å²) < 4.78 is 14.8. The van der Waals surface area contributed by atoms with E-state index in [0.717, 1.165) is 24.9 Å². The maximum absolute atomic E-state index is 13.2. The van der Waals surface area contributed by atoms with Crippen molar-refractivity contribution in [1.82, 2.24) is 0 Å². The van der Waals surface area contributed by atoms with Gasteiger partial charge in [-0.1, -0.05) is 11.6 Å². The van der Waals surface area contributed by atoms with Crippen molar-refractivity contribution in [3.05, 3.63) is 49.3 Å². The normalized spacial score (nSPS) is 10.6. The zero-order chi connectivity index (χ0) is 12.4.